The van der Waals surface area contributed by atoms with Crippen molar-refractivity contribution in [2.45, 2.75) is 39.2 Å². The molecule has 1 aromatic heterocycles. The van der Waals surface area contributed by atoms with Crippen LogP contribution >= 0.6 is 0 Å². The Morgan fingerprint density at radius 3 is 2.81 bits per heavy atom. The molecule has 1 aromatic rings. The Morgan fingerprint density at radius 1 is 1.38 bits per heavy atom. The van der Waals surface area contributed by atoms with Crippen molar-refractivity contribution in [3.05, 3.63) is 23.7 Å². The lowest BCUT2D eigenvalue weighted by Crippen LogP contribution is -2.14. The molecule has 0 unspecified atom stereocenters. The molecular weight excluding hydrogens is 206 g/mol. The smallest absolute Gasteiger partial charge is 0.371 e. The molecular formula is C12H19NO3. The van der Waals surface area contributed by atoms with Crippen molar-refractivity contribution in [1.82, 2.24) is 5.32 Å². The SMILES string of the molecule is CCCCCCNCc1ccc(C(=O)O)o1. The van der Waals surface area contributed by atoms with Gasteiger partial charge in [0.2, 0.25) is 5.76 Å². The van der Waals surface area contributed by atoms with E-state index < -0.39 is 5.97 Å². The molecule has 4 heteroatoms. The highest BCUT2D eigenvalue weighted by Crippen LogP contribution is 2.07. The molecule has 0 amide bonds. The second-order valence-corrected chi connectivity index (χ2v) is 3.81. The summed E-state index contributed by atoms with van der Waals surface area (Å²) in [5.74, 6) is -0.343. The third-order valence-corrected chi connectivity index (χ3v) is 2.38. The van der Waals surface area contributed by atoms with Crippen molar-refractivity contribution in [2.75, 3.05) is 6.54 Å². The number of unbranched alkanes of at least 4 members (excludes halogenated alkanes) is 3. The van der Waals surface area contributed by atoms with Gasteiger partial charge < -0.3 is 14.8 Å². The van der Waals surface area contributed by atoms with E-state index in [0.29, 0.717) is 12.3 Å². The van der Waals surface area contributed by atoms with Gasteiger partial charge in [0.05, 0.1) is 6.54 Å². The molecule has 0 aliphatic rings. The molecule has 0 aliphatic heterocycles. The molecule has 0 saturated carbocycles. The lowest BCUT2D eigenvalue weighted by molar-refractivity contribution is 0.0660. The highest BCUT2D eigenvalue weighted by Gasteiger charge is 2.07. The summed E-state index contributed by atoms with van der Waals surface area (Å²) in [5, 5.41) is 11.9. The Labute approximate surface area is 95.7 Å². The maximum Gasteiger partial charge on any atom is 0.371 e. The van der Waals surface area contributed by atoms with E-state index >= 15 is 0 Å². The zero-order valence-electron chi connectivity index (χ0n) is 9.66. The standard InChI is InChI=1S/C12H19NO3/c1-2-3-4-5-8-13-9-10-6-7-11(16-10)12(14)15/h6-7,13H,2-5,8-9H2,1H3,(H,14,15). The van der Waals surface area contributed by atoms with E-state index in [0.717, 1.165) is 13.0 Å². The van der Waals surface area contributed by atoms with Crippen molar-refractivity contribution in [2.24, 2.45) is 0 Å². The summed E-state index contributed by atoms with van der Waals surface area (Å²) in [6.07, 6.45) is 4.90. The quantitative estimate of drug-likeness (QED) is 0.668. The Hall–Kier alpha value is -1.29. The molecule has 0 radical (unpaired) electrons. The van der Waals surface area contributed by atoms with Crippen molar-refractivity contribution in [3.8, 4) is 0 Å². The normalized spacial score (nSPS) is 10.6. The molecule has 16 heavy (non-hydrogen) atoms. The number of hydrogen-bond acceptors (Lipinski definition) is 3. The Bertz CT molecular complexity index is 320. The number of nitrogens with one attached hydrogen (secondary N) is 1. The zero-order valence-corrected chi connectivity index (χ0v) is 9.66. The first-order valence-corrected chi connectivity index (χ1v) is 5.76. The van der Waals surface area contributed by atoms with Crippen LogP contribution < -0.4 is 5.32 Å². The number of furan rings is 1. The van der Waals surface area contributed by atoms with Crippen LogP contribution in [0, 0.1) is 0 Å². The minimum atomic E-state index is -1.02. The highest BCUT2D eigenvalue weighted by atomic mass is 16.4. The van der Waals surface area contributed by atoms with Crippen LogP contribution in [0.3, 0.4) is 0 Å². The molecule has 2 N–H and O–H groups in total. The summed E-state index contributed by atoms with van der Waals surface area (Å²) < 4.78 is 5.11. The monoisotopic (exact) mass is 225 g/mol. The van der Waals surface area contributed by atoms with Crippen molar-refractivity contribution in [1.29, 1.82) is 0 Å². The predicted molar refractivity (Wildman–Crippen MR) is 61.5 cm³/mol. The maximum atomic E-state index is 10.5. The van der Waals surface area contributed by atoms with Gasteiger partial charge >= 0.3 is 5.97 Å². The number of aromatic carboxylic acids is 1. The van der Waals surface area contributed by atoms with E-state index in [1.807, 2.05) is 0 Å². The Balaban J connectivity index is 2.14. The van der Waals surface area contributed by atoms with Gasteiger partial charge in [0.15, 0.2) is 0 Å². The van der Waals surface area contributed by atoms with Gasteiger partial charge in [-0.3, -0.25) is 0 Å². The largest absolute Gasteiger partial charge is 0.475 e. The number of hydrogen-bond donors (Lipinski definition) is 2. The fourth-order valence-corrected chi connectivity index (χ4v) is 1.48. The summed E-state index contributed by atoms with van der Waals surface area (Å²) in [5.41, 5.74) is 0. The van der Waals surface area contributed by atoms with Gasteiger partial charge in [-0.1, -0.05) is 26.2 Å². The van der Waals surface area contributed by atoms with Crippen LogP contribution in [0.2, 0.25) is 0 Å². The van der Waals surface area contributed by atoms with Gasteiger partial charge in [-0.25, -0.2) is 4.79 Å². The van der Waals surface area contributed by atoms with Crippen LogP contribution in [0.4, 0.5) is 0 Å². The first-order valence-electron chi connectivity index (χ1n) is 5.76. The summed E-state index contributed by atoms with van der Waals surface area (Å²) in [4.78, 5) is 10.5. The lowest BCUT2D eigenvalue weighted by atomic mass is 10.2. The van der Waals surface area contributed by atoms with Gasteiger partial charge in [-0.05, 0) is 25.1 Å². The van der Waals surface area contributed by atoms with E-state index in [9.17, 15) is 4.79 Å². The summed E-state index contributed by atoms with van der Waals surface area (Å²) in [6, 6.07) is 3.18. The van der Waals surface area contributed by atoms with Gasteiger partial charge in [0, 0.05) is 0 Å². The van der Waals surface area contributed by atoms with E-state index in [1.165, 1.54) is 25.3 Å². The third-order valence-electron chi connectivity index (χ3n) is 2.38. The second kappa shape index (κ2) is 7.06. The molecule has 1 heterocycles. The second-order valence-electron chi connectivity index (χ2n) is 3.81. The van der Waals surface area contributed by atoms with Crippen LogP contribution in [0.15, 0.2) is 16.5 Å². The molecule has 0 saturated heterocycles. The minimum absolute atomic E-state index is 0.00258. The molecule has 0 aromatic carbocycles. The number of carboxylic acids is 1. The van der Waals surface area contributed by atoms with E-state index in [-0.39, 0.29) is 5.76 Å². The van der Waals surface area contributed by atoms with Gasteiger partial charge in [-0.15, -0.1) is 0 Å². The van der Waals surface area contributed by atoms with Crippen LogP contribution in [0.25, 0.3) is 0 Å². The summed E-state index contributed by atoms with van der Waals surface area (Å²) in [7, 11) is 0. The molecule has 90 valence electrons. The van der Waals surface area contributed by atoms with Crippen LogP contribution in [-0.4, -0.2) is 17.6 Å². The molecule has 4 nitrogen and oxygen atoms in total. The molecule has 0 atom stereocenters. The molecule has 1 rings (SSSR count). The predicted octanol–water partition coefficient (Wildman–Crippen LogP) is 2.65. The fraction of sp³-hybridized carbons (Fsp3) is 0.583. The van der Waals surface area contributed by atoms with Gasteiger partial charge in [0.25, 0.3) is 0 Å². The van der Waals surface area contributed by atoms with Gasteiger partial charge in [-0.2, -0.15) is 0 Å². The number of rotatable bonds is 8. The van der Waals surface area contributed by atoms with Crippen LogP contribution in [0.5, 0.6) is 0 Å². The van der Waals surface area contributed by atoms with Crippen molar-refractivity contribution >= 4 is 5.97 Å². The molecule has 0 aliphatic carbocycles. The van der Waals surface area contributed by atoms with Gasteiger partial charge in [0.1, 0.15) is 5.76 Å². The van der Waals surface area contributed by atoms with E-state index in [1.54, 1.807) is 6.07 Å². The van der Waals surface area contributed by atoms with E-state index in [4.69, 9.17) is 9.52 Å². The molecule has 0 spiro atoms. The molecule has 0 bridgehead atoms. The lowest BCUT2D eigenvalue weighted by Gasteiger charge is -2.01. The Morgan fingerprint density at radius 2 is 2.19 bits per heavy atom. The zero-order chi connectivity index (χ0) is 11.8. The minimum Gasteiger partial charge on any atom is -0.475 e. The van der Waals surface area contributed by atoms with Crippen LogP contribution in [0.1, 0.15) is 48.9 Å². The average molecular weight is 225 g/mol. The Kier molecular flexibility index (Phi) is 5.64. The summed E-state index contributed by atoms with van der Waals surface area (Å²) >= 11 is 0. The fourth-order valence-electron chi connectivity index (χ4n) is 1.48. The van der Waals surface area contributed by atoms with E-state index in [2.05, 4.69) is 12.2 Å². The van der Waals surface area contributed by atoms with Crippen molar-refractivity contribution in [3.63, 3.8) is 0 Å². The number of carboxylic acid groups (broad SMARTS) is 1. The highest BCUT2D eigenvalue weighted by molar-refractivity contribution is 5.84. The molecule has 0 fully saturated rings. The first kappa shape index (κ1) is 12.8. The topological polar surface area (TPSA) is 62.5 Å². The third kappa shape index (κ3) is 4.49. The van der Waals surface area contributed by atoms with Crippen molar-refractivity contribution < 1.29 is 14.3 Å². The average Bonchev–Trinajstić information content (AvgIpc) is 2.72. The first-order chi connectivity index (χ1) is 7.74. The summed E-state index contributed by atoms with van der Waals surface area (Å²) in [6.45, 7) is 3.73. The van der Waals surface area contributed by atoms with Crippen LogP contribution in [-0.2, 0) is 6.54 Å². The maximum absolute atomic E-state index is 10.5. The number of carbonyl (C=O) groups is 1.